The van der Waals surface area contributed by atoms with E-state index in [1.54, 1.807) is 18.1 Å². The molecule has 0 fully saturated rings. The van der Waals surface area contributed by atoms with Gasteiger partial charge in [-0.3, -0.25) is 0 Å². The Morgan fingerprint density at radius 2 is 1.89 bits per heavy atom. The summed E-state index contributed by atoms with van der Waals surface area (Å²) in [5.74, 6) is 1.03. The van der Waals surface area contributed by atoms with E-state index in [0.717, 1.165) is 55.6 Å². The van der Waals surface area contributed by atoms with Gasteiger partial charge in [-0.2, -0.15) is 0 Å². The molecule has 0 radical (unpaired) electrons. The molecule has 0 spiro atoms. The number of nitrogens with zero attached hydrogens (tertiary/aromatic N) is 3. The zero-order chi connectivity index (χ0) is 18.8. The summed E-state index contributed by atoms with van der Waals surface area (Å²) in [6.07, 6.45) is 4.90. The minimum absolute atomic E-state index is 0.755. The zero-order valence-electron chi connectivity index (χ0n) is 15.3. The van der Waals surface area contributed by atoms with E-state index < -0.39 is 0 Å². The molecule has 136 valence electrons. The van der Waals surface area contributed by atoms with Gasteiger partial charge in [0.05, 0.1) is 5.39 Å². The van der Waals surface area contributed by atoms with Crippen molar-refractivity contribution in [2.24, 2.45) is 0 Å². The van der Waals surface area contributed by atoms with Crippen LogP contribution in [-0.2, 0) is 0 Å². The van der Waals surface area contributed by atoms with E-state index in [1.807, 2.05) is 25.1 Å². The highest BCUT2D eigenvalue weighted by Crippen LogP contribution is 2.37. The third kappa shape index (κ3) is 3.47. The minimum Gasteiger partial charge on any atom is -0.301 e. The summed E-state index contributed by atoms with van der Waals surface area (Å²) >= 11 is 8.17. The van der Waals surface area contributed by atoms with E-state index in [-0.39, 0.29) is 0 Å². The van der Waals surface area contributed by atoms with Crippen LogP contribution in [0.1, 0.15) is 18.9 Å². The van der Waals surface area contributed by atoms with Crippen molar-refractivity contribution in [2.45, 2.75) is 25.3 Å². The Labute approximate surface area is 168 Å². The van der Waals surface area contributed by atoms with Gasteiger partial charge in [-0.05, 0) is 42.4 Å². The third-order valence-corrected chi connectivity index (χ3v) is 6.11. The Hall–Kier alpha value is -2.30. The lowest BCUT2D eigenvalue weighted by molar-refractivity contribution is 1.04. The Bertz CT molecular complexity index is 1090. The highest BCUT2D eigenvalue weighted by Gasteiger charge is 2.17. The lowest BCUT2D eigenvalue weighted by atomic mass is 10.1. The number of benzene rings is 2. The maximum absolute atomic E-state index is 6.39. The lowest BCUT2D eigenvalue weighted by Crippen LogP contribution is -1.95. The van der Waals surface area contributed by atoms with Crippen molar-refractivity contribution in [1.29, 1.82) is 0 Å². The van der Waals surface area contributed by atoms with Gasteiger partial charge in [0, 0.05) is 22.5 Å². The highest BCUT2D eigenvalue weighted by molar-refractivity contribution is 7.99. The number of aryl methyl sites for hydroxylation is 1. The molecule has 2 aromatic heterocycles. The van der Waals surface area contributed by atoms with Gasteiger partial charge in [-0.1, -0.05) is 54.9 Å². The van der Waals surface area contributed by atoms with Crippen LogP contribution >= 0.6 is 23.4 Å². The molecule has 0 bridgehead atoms. The topological polar surface area (TPSA) is 30.7 Å². The van der Waals surface area contributed by atoms with Crippen molar-refractivity contribution in [3.8, 4) is 16.8 Å². The smallest absolute Gasteiger partial charge is 0.149 e. The van der Waals surface area contributed by atoms with Gasteiger partial charge < -0.3 is 4.57 Å². The fraction of sp³-hybridized carbons (Fsp3) is 0.182. The van der Waals surface area contributed by atoms with Crippen LogP contribution in [0.15, 0.2) is 66.1 Å². The molecule has 2 heterocycles. The zero-order valence-corrected chi connectivity index (χ0v) is 16.9. The first kappa shape index (κ1) is 18.1. The molecule has 2 aromatic carbocycles. The fourth-order valence-corrected chi connectivity index (χ4v) is 4.15. The summed E-state index contributed by atoms with van der Waals surface area (Å²) in [5.41, 5.74) is 5.27. The van der Waals surface area contributed by atoms with Crippen molar-refractivity contribution in [1.82, 2.24) is 14.5 Å². The molecule has 27 heavy (non-hydrogen) atoms. The lowest BCUT2D eigenvalue weighted by Gasteiger charge is -2.07. The molecule has 0 amide bonds. The largest absolute Gasteiger partial charge is 0.301 e. The molecule has 0 saturated heterocycles. The van der Waals surface area contributed by atoms with E-state index in [9.17, 15) is 0 Å². The summed E-state index contributed by atoms with van der Waals surface area (Å²) < 4.78 is 2.11. The van der Waals surface area contributed by atoms with Crippen molar-refractivity contribution >= 4 is 34.4 Å². The third-order valence-electron chi connectivity index (χ3n) is 4.51. The molecular formula is C22H20ClN3S. The number of fused-ring (bicyclic) bond motifs is 1. The SMILES string of the molecule is CCCSc1ncnc2c1c(-c1ccccc1)cn2-c1ccc(C)c(Cl)c1. The molecule has 0 unspecified atom stereocenters. The molecule has 0 aliphatic rings. The molecule has 0 atom stereocenters. The molecule has 5 heteroatoms. The van der Waals surface area contributed by atoms with Gasteiger partial charge in [0.15, 0.2) is 0 Å². The predicted molar refractivity (Wildman–Crippen MR) is 115 cm³/mol. The van der Waals surface area contributed by atoms with Crippen LogP contribution in [-0.4, -0.2) is 20.3 Å². The second kappa shape index (κ2) is 7.75. The summed E-state index contributed by atoms with van der Waals surface area (Å²) in [7, 11) is 0. The van der Waals surface area contributed by atoms with Crippen LogP contribution in [0, 0.1) is 6.92 Å². The van der Waals surface area contributed by atoms with Gasteiger partial charge in [0.2, 0.25) is 0 Å². The second-order valence-corrected chi connectivity index (χ2v) is 7.93. The summed E-state index contributed by atoms with van der Waals surface area (Å²) in [4.78, 5) is 9.20. The summed E-state index contributed by atoms with van der Waals surface area (Å²) in [5, 5.41) is 2.88. The number of aromatic nitrogens is 3. The van der Waals surface area contributed by atoms with Gasteiger partial charge in [-0.25, -0.2) is 9.97 Å². The fourth-order valence-electron chi connectivity index (χ4n) is 3.11. The number of thioether (sulfide) groups is 1. The Kier molecular flexibility index (Phi) is 5.19. The minimum atomic E-state index is 0.755. The summed E-state index contributed by atoms with van der Waals surface area (Å²) in [6, 6.07) is 16.5. The predicted octanol–water partition coefficient (Wildman–Crippen LogP) is 6.55. The van der Waals surface area contributed by atoms with Gasteiger partial charge in [0.25, 0.3) is 0 Å². The van der Waals surface area contributed by atoms with Gasteiger partial charge >= 0.3 is 0 Å². The second-order valence-electron chi connectivity index (χ2n) is 6.44. The molecule has 0 aliphatic heterocycles. The molecule has 0 aliphatic carbocycles. The molecule has 0 saturated carbocycles. The molecule has 3 nitrogen and oxygen atoms in total. The molecule has 0 N–H and O–H groups in total. The first-order valence-electron chi connectivity index (χ1n) is 9.00. The van der Waals surface area contributed by atoms with E-state index >= 15 is 0 Å². The first-order chi connectivity index (χ1) is 13.2. The van der Waals surface area contributed by atoms with Crippen LogP contribution in [0.25, 0.3) is 27.8 Å². The number of hydrogen-bond acceptors (Lipinski definition) is 3. The maximum Gasteiger partial charge on any atom is 0.149 e. The Morgan fingerprint density at radius 3 is 2.63 bits per heavy atom. The molecular weight excluding hydrogens is 374 g/mol. The quantitative estimate of drug-likeness (QED) is 0.284. The average Bonchev–Trinajstić information content (AvgIpc) is 3.09. The van der Waals surface area contributed by atoms with Crippen LogP contribution in [0.4, 0.5) is 0 Å². The normalized spacial score (nSPS) is 11.2. The van der Waals surface area contributed by atoms with Crippen LogP contribution in [0.5, 0.6) is 0 Å². The number of hydrogen-bond donors (Lipinski definition) is 0. The van der Waals surface area contributed by atoms with Crippen molar-refractivity contribution in [3.63, 3.8) is 0 Å². The molecule has 4 aromatic rings. The van der Waals surface area contributed by atoms with E-state index in [0.29, 0.717) is 0 Å². The standard InChI is InChI=1S/C22H20ClN3S/c1-3-11-27-22-20-18(16-7-5-4-6-8-16)13-26(21(20)24-14-25-22)17-10-9-15(2)19(23)12-17/h4-10,12-14H,3,11H2,1-2H3. The van der Waals surface area contributed by atoms with Crippen LogP contribution in [0.3, 0.4) is 0 Å². The van der Waals surface area contributed by atoms with E-state index in [4.69, 9.17) is 11.6 Å². The van der Waals surface area contributed by atoms with Crippen molar-refractivity contribution < 1.29 is 0 Å². The average molecular weight is 394 g/mol. The van der Waals surface area contributed by atoms with Crippen LogP contribution < -0.4 is 0 Å². The molecule has 4 rings (SSSR count). The van der Waals surface area contributed by atoms with E-state index in [2.05, 4.69) is 58.0 Å². The van der Waals surface area contributed by atoms with Gasteiger partial charge in [-0.15, -0.1) is 11.8 Å². The van der Waals surface area contributed by atoms with Crippen molar-refractivity contribution in [3.05, 3.63) is 71.6 Å². The van der Waals surface area contributed by atoms with Gasteiger partial charge in [0.1, 0.15) is 17.0 Å². The maximum atomic E-state index is 6.39. The first-order valence-corrected chi connectivity index (χ1v) is 10.4. The number of halogens is 1. The number of rotatable bonds is 5. The van der Waals surface area contributed by atoms with Crippen molar-refractivity contribution in [2.75, 3.05) is 5.75 Å². The Morgan fingerprint density at radius 1 is 1.07 bits per heavy atom. The van der Waals surface area contributed by atoms with E-state index in [1.165, 1.54) is 0 Å². The summed E-state index contributed by atoms with van der Waals surface area (Å²) in [6.45, 7) is 4.19. The van der Waals surface area contributed by atoms with Crippen LogP contribution in [0.2, 0.25) is 5.02 Å². The monoisotopic (exact) mass is 393 g/mol. The highest BCUT2D eigenvalue weighted by atomic mass is 35.5. The Balaban J connectivity index is 1.99.